The van der Waals surface area contributed by atoms with Gasteiger partial charge in [-0.3, -0.25) is 9.59 Å². The van der Waals surface area contributed by atoms with E-state index in [4.69, 9.17) is 5.11 Å². The third-order valence-corrected chi connectivity index (χ3v) is 3.89. The molecule has 1 unspecified atom stereocenters. The number of carbonyl (C=O) groups excluding carboxylic acids is 2. The SMILES string of the molecule is O=C(O)CCC(=O)C(Cc1cnc[nH]1)NC(=O)Nc1ccc(Br)cc1. The van der Waals surface area contributed by atoms with Gasteiger partial charge in [0.2, 0.25) is 0 Å². The Balaban J connectivity index is 2.00. The molecular weight excluding hydrogens is 392 g/mol. The predicted molar refractivity (Wildman–Crippen MR) is 94.3 cm³/mol. The van der Waals surface area contributed by atoms with Gasteiger partial charge in [0.05, 0.1) is 18.8 Å². The second-order valence-corrected chi connectivity index (χ2v) is 6.21. The molecular formula is C16H17BrN4O4. The number of nitrogens with one attached hydrogen (secondary N) is 3. The molecule has 0 saturated heterocycles. The summed E-state index contributed by atoms with van der Waals surface area (Å²) in [6, 6.07) is 5.57. The Bertz CT molecular complexity index is 731. The van der Waals surface area contributed by atoms with E-state index in [1.165, 1.54) is 6.33 Å². The van der Waals surface area contributed by atoms with Gasteiger partial charge in [-0.15, -0.1) is 0 Å². The minimum atomic E-state index is -1.06. The van der Waals surface area contributed by atoms with E-state index in [2.05, 4.69) is 36.5 Å². The Morgan fingerprint density at radius 3 is 2.52 bits per heavy atom. The fraction of sp³-hybridized carbons (Fsp3) is 0.250. The molecule has 0 fully saturated rings. The van der Waals surface area contributed by atoms with Crippen LogP contribution in [-0.2, 0) is 16.0 Å². The Kier molecular flexibility index (Phi) is 6.70. The minimum absolute atomic E-state index is 0.160. The summed E-state index contributed by atoms with van der Waals surface area (Å²) in [5.41, 5.74) is 1.23. The lowest BCUT2D eigenvalue weighted by molar-refractivity contribution is -0.138. The number of urea groups is 1. The number of ketones is 1. The highest BCUT2D eigenvalue weighted by Gasteiger charge is 2.22. The average Bonchev–Trinajstić information content (AvgIpc) is 3.07. The van der Waals surface area contributed by atoms with Crippen molar-refractivity contribution in [2.45, 2.75) is 25.3 Å². The van der Waals surface area contributed by atoms with Crippen molar-refractivity contribution < 1.29 is 19.5 Å². The van der Waals surface area contributed by atoms with Gasteiger partial charge in [-0.2, -0.15) is 0 Å². The quantitative estimate of drug-likeness (QED) is 0.533. The number of Topliss-reactive ketones (excluding diaryl/α,β-unsaturated/α-hetero) is 1. The van der Waals surface area contributed by atoms with Crippen molar-refractivity contribution in [1.82, 2.24) is 15.3 Å². The molecule has 2 amide bonds. The molecule has 2 aromatic rings. The first-order valence-electron chi connectivity index (χ1n) is 7.49. The van der Waals surface area contributed by atoms with Crippen LogP contribution in [0.5, 0.6) is 0 Å². The summed E-state index contributed by atoms with van der Waals surface area (Å²) in [4.78, 5) is 41.8. The molecule has 4 N–H and O–H groups in total. The van der Waals surface area contributed by atoms with E-state index in [1.54, 1.807) is 30.5 Å². The minimum Gasteiger partial charge on any atom is -0.481 e. The molecule has 1 heterocycles. The van der Waals surface area contributed by atoms with Gasteiger partial charge < -0.3 is 20.7 Å². The molecule has 2 rings (SSSR count). The van der Waals surface area contributed by atoms with Gasteiger partial charge in [0.15, 0.2) is 5.78 Å². The van der Waals surface area contributed by atoms with Crippen molar-refractivity contribution in [1.29, 1.82) is 0 Å². The van der Waals surface area contributed by atoms with E-state index in [0.29, 0.717) is 11.4 Å². The molecule has 1 atom stereocenters. The molecule has 8 nitrogen and oxygen atoms in total. The smallest absolute Gasteiger partial charge is 0.319 e. The topological polar surface area (TPSA) is 124 Å². The Hall–Kier alpha value is -2.68. The molecule has 0 aliphatic heterocycles. The molecule has 1 aromatic heterocycles. The summed E-state index contributed by atoms with van der Waals surface area (Å²) in [6.07, 6.45) is 2.77. The van der Waals surface area contributed by atoms with Crippen LogP contribution >= 0.6 is 15.9 Å². The molecule has 0 aliphatic rings. The third kappa shape index (κ3) is 6.38. The van der Waals surface area contributed by atoms with Crippen LogP contribution in [0.25, 0.3) is 0 Å². The summed E-state index contributed by atoms with van der Waals surface area (Å²) >= 11 is 3.30. The fourth-order valence-corrected chi connectivity index (χ4v) is 2.39. The molecule has 9 heteroatoms. The second-order valence-electron chi connectivity index (χ2n) is 5.30. The summed E-state index contributed by atoms with van der Waals surface area (Å²) in [5, 5.41) is 14.0. The van der Waals surface area contributed by atoms with Crippen LogP contribution in [0.3, 0.4) is 0 Å². The van der Waals surface area contributed by atoms with Crippen molar-refractivity contribution in [3.63, 3.8) is 0 Å². The first-order chi connectivity index (χ1) is 11.9. The number of carbonyl (C=O) groups is 3. The Morgan fingerprint density at radius 2 is 1.92 bits per heavy atom. The van der Waals surface area contributed by atoms with Gasteiger partial charge >= 0.3 is 12.0 Å². The summed E-state index contributed by atoms with van der Waals surface area (Å²) in [5.74, 6) is -1.42. The van der Waals surface area contributed by atoms with Crippen molar-refractivity contribution in [3.8, 4) is 0 Å². The van der Waals surface area contributed by atoms with E-state index in [0.717, 1.165) is 4.47 Å². The highest BCUT2D eigenvalue weighted by atomic mass is 79.9. The lowest BCUT2D eigenvalue weighted by Gasteiger charge is -2.17. The first-order valence-corrected chi connectivity index (χ1v) is 8.28. The standard InChI is InChI=1S/C16H17BrN4O4/c17-10-1-3-11(4-2-10)20-16(25)21-13(7-12-8-18-9-19-12)14(22)5-6-15(23)24/h1-4,8-9,13H,5-7H2,(H,18,19)(H,23,24)(H2,20,21,25). The molecule has 0 bridgehead atoms. The largest absolute Gasteiger partial charge is 0.481 e. The van der Waals surface area contributed by atoms with Gasteiger partial charge in [-0.1, -0.05) is 15.9 Å². The van der Waals surface area contributed by atoms with Crippen LogP contribution in [0, 0.1) is 0 Å². The maximum absolute atomic E-state index is 12.3. The summed E-state index contributed by atoms with van der Waals surface area (Å²) < 4.78 is 0.874. The van der Waals surface area contributed by atoms with E-state index in [1.807, 2.05) is 0 Å². The summed E-state index contributed by atoms with van der Waals surface area (Å²) in [7, 11) is 0. The maximum Gasteiger partial charge on any atom is 0.319 e. The number of hydrogen-bond donors (Lipinski definition) is 4. The van der Waals surface area contributed by atoms with Crippen molar-refractivity contribution in [3.05, 3.63) is 47.0 Å². The van der Waals surface area contributed by atoms with Crippen LogP contribution < -0.4 is 10.6 Å². The number of H-pyrrole nitrogens is 1. The zero-order valence-electron chi connectivity index (χ0n) is 13.2. The third-order valence-electron chi connectivity index (χ3n) is 3.36. The number of aromatic amines is 1. The van der Waals surface area contributed by atoms with E-state index >= 15 is 0 Å². The molecule has 132 valence electrons. The van der Waals surface area contributed by atoms with Crippen LogP contribution in [-0.4, -0.2) is 38.9 Å². The fourth-order valence-electron chi connectivity index (χ4n) is 2.12. The first kappa shape index (κ1) is 18.7. The highest BCUT2D eigenvalue weighted by Crippen LogP contribution is 2.14. The van der Waals surface area contributed by atoms with Crippen molar-refractivity contribution >= 4 is 39.4 Å². The van der Waals surface area contributed by atoms with Gasteiger partial charge in [0.1, 0.15) is 0 Å². The van der Waals surface area contributed by atoms with Crippen LogP contribution in [0.4, 0.5) is 10.5 Å². The van der Waals surface area contributed by atoms with Crippen LogP contribution in [0.2, 0.25) is 0 Å². The number of hydrogen-bond acceptors (Lipinski definition) is 4. The lowest BCUT2D eigenvalue weighted by Crippen LogP contribution is -2.44. The molecule has 0 aliphatic carbocycles. The number of rotatable bonds is 8. The molecule has 1 aromatic carbocycles. The van der Waals surface area contributed by atoms with E-state index < -0.39 is 18.0 Å². The van der Waals surface area contributed by atoms with E-state index in [9.17, 15) is 14.4 Å². The lowest BCUT2D eigenvalue weighted by atomic mass is 10.0. The molecule has 0 saturated carbocycles. The number of carboxylic acid groups (broad SMARTS) is 1. The summed E-state index contributed by atoms with van der Waals surface area (Å²) in [6.45, 7) is 0. The molecule has 25 heavy (non-hydrogen) atoms. The van der Waals surface area contributed by atoms with Crippen LogP contribution in [0.15, 0.2) is 41.3 Å². The molecule has 0 spiro atoms. The van der Waals surface area contributed by atoms with Crippen molar-refractivity contribution in [2.75, 3.05) is 5.32 Å². The van der Waals surface area contributed by atoms with Gasteiger partial charge in [0.25, 0.3) is 0 Å². The second kappa shape index (κ2) is 8.97. The highest BCUT2D eigenvalue weighted by molar-refractivity contribution is 9.10. The van der Waals surface area contributed by atoms with Gasteiger partial charge in [-0.05, 0) is 24.3 Å². The number of nitrogens with zero attached hydrogens (tertiary/aromatic N) is 1. The predicted octanol–water partition coefficient (Wildman–Crippen LogP) is 2.34. The number of aliphatic carboxylic acids is 1. The van der Waals surface area contributed by atoms with E-state index in [-0.39, 0.29) is 25.0 Å². The maximum atomic E-state index is 12.3. The Morgan fingerprint density at radius 1 is 1.20 bits per heavy atom. The number of aromatic nitrogens is 2. The number of halogens is 1. The number of amides is 2. The molecule has 0 radical (unpaired) electrons. The average molecular weight is 409 g/mol. The number of benzene rings is 1. The van der Waals surface area contributed by atoms with Gasteiger partial charge in [0, 0.05) is 34.9 Å². The zero-order chi connectivity index (χ0) is 18.2. The zero-order valence-corrected chi connectivity index (χ0v) is 14.7. The number of anilines is 1. The van der Waals surface area contributed by atoms with Crippen molar-refractivity contribution in [2.24, 2.45) is 0 Å². The number of carboxylic acids is 1. The van der Waals surface area contributed by atoms with Crippen LogP contribution in [0.1, 0.15) is 18.5 Å². The van der Waals surface area contributed by atoms with Gasteiger partial charge in [-0.25, -0.2) is 9.78 Å². The normalized spacial score (nSPS) is 11.6. The number of imidazole rings is 1. The Labute approximate surface area is 152 Å². The monoisotopic (exact) mass is 408 g/mol.